The number of hydrogen-bond acceptors (Lipinski definition) is 3. The van der Waals surface area contributed by atoms with Crippen molar-refractivity contribution >= 4 is 23.3 Å². The molecule has 1 heterocycles. The minimum absolute atomic E-state index is 0.0571. The molecule has 0 spiro atoms. The number of urea groups is 1. The van der Waals surface area contributed by atoms with E-state index in [1.807, 2.05) is 23.1 Å². The molecule has 6 heteroatoms. The molecule has 0 bridgehead atoms. The lowest BCUT2D eigenvalue weighted by atomic mass is 10.0. The summed E-state index contributed by atoms with van der Waals surface area (Å²) in [6, 6.07) is 8.37. The summed E-state index contributed by atoms with van der Waals surface area (Å²) in [5.41, 5.74) is 1.13. The van der Waals surface area contributed by atoms with Crippen LogP contribution in [0.15, 0.2) is 24.3 Å². The third-order valence-electron chi connectivity index (χ3n) is 5.30. The minimum atomic E-state index is 0.0571. The Labute approximate surface area is 169 Å². The Balaban J connectivity index is 1.84. The SMILES string of the molecule is CCN(CC)C(CNC(=O)N1CCN(c2cccc(Cl)c2)CC1)CC(C)C. The number of rotatable bonds is 8. The van der Waals surface area contributed by atoms with Crippen molar-refractivity contribution in [1.82, 2.24) is 15.1 Å². The second-order valence-corrected chi connectivity index (χ2v) is 8.08. The topological polar surface area (TPSA) is 38.8 Å². The van der Waals surface area contributed by atoms with Gasteiger partial charge in [0.15, 0.2) is 0 Å². The maximum Gasteiger partial charge on any atom is 0.317 e. The monoisotopic (exact) mass is 394 g/mol. The van der Waals surface area contributed by atoms with E-state index in [4.69, 9.17) is 11.6 Å². The number of piperazine rings is 1. The van der Waals surface area contributed by atoms with Gasteiger partial charge in [0.2, 0.25) is 0 Å². The lowest BCUT2D eigenvalue weighted by molar-refractivity contribution is 0.169. The van der Waals surface area contributed by atoms with E-state index in [-0.39, 0.29) is 6.03 Å². The number of amides is 2. The predicted molar refractivity (Wildman–Crippen MR) is 115 cm³/mol. The molecule has 1 fully saturated rings. The second kappa shape index (κ2) is 10.8. The van der Waals surface area contributed by atoms with E-state index in [0.717, 1.165) is 56.4 Å². The highest BCUT2D eigenvalue weighted by molar-refractivity contribution is 6.30. The van der Waals surface area contributed by atoms with Gasteiger partial charge >= 0.3 is 6.03 Å². The molecule has 0 aliphatic carbocycles. The zero-order chi connectivity index (χ0) is 19.8. The van der Waals surface area contributed by atoms with Gasteiger partial charge in [0.05, 0.1) is 0 Å². The minimum Gasteiger partial charge on any atom is -0.368 e. The largest absolute Gasteiger partial charge is 0.368 e. The van der Waals surface area contributed by atoms with Gasteiger partial charge in [0, 0.05) is 49.5 Å². The van der Waals surface area contributed by atoms with Crippen molar-refractivity contribution in [1.29, 1.82) is 0 Å². The van der Waals surface area contributed by atoms with Crippen LogP contribution in [0.3, 0.4) is 0 Å². The van der Waals surface area contributed by atoms with E-state index >= 15 is 0 Å². The van der Waals surface area contributed by atoms with E-state index in [9.17, 15) is 4.79 Å². The maximum absolute atomic E-state index is 12.6. The zero-order valence-corrected chi connectivity index (χ0v) is 18.0. The average molecular weight is 395 g/mol. The van der Waals surface area contributed by atoms with Crippen LogP contribution in [0.25, 0.3) is 0 Å². The lowest BCUT2D eigenvalue weighted by Crippen LogP contribution is -2.54. The van der Waals surface area contributed by atoms with Gasteiger partial charge in [-0.3, -0.25) is 4.90 Å². The second-order valence-electron chi connectivity index (χ2n) is 7.64. The van der Waals surface area contributed by atoms with E-state index in [1.165, 1.54) is 0 Å². The van der Waals surface area contributed by atoms with Crippen LogP contribution in [0.4, 0.5) is 10.5 Å². The Morgan fingerprint density at radius 2 is 1.85 bits per heavy atom. The molecule has 2 amide bonds. The number of halogens is 1. The summed E-state index contributed by atoms with van der Waals surface area (Å²) in [5.74, 6) is 0.619. The molecule has 1 saturated heterocycles. The van der Waals surface area contributed by atoms with Gasteiger partial charge in [-0.1, -0.05) is 45.4 Å². The predicted octanol–water partition coefficient (Wildman–Crippen LogP) is 3.93. The maximum atomic E-state index is 12.6. The van der Waals surface area contributed by atoms with Crippen LogP contribution in [0.1, 0.15) is 34.1 Å². The van der Waals surface area contributed by atoms with Gasteiger partial charge in [-0.15, -0.1) is 0 Å². The van der Waals surface area contributed by atoms with E-state index in [0.29, 0.717) is 18.5 Å². The first-order valence-electron chi connectivity index (χ1n) is 10.2. The highest BCUT2D eigenvalue weighted by Gasteiger charge is 2.23. The van der Waals surface area contributed by atoms with Crippen LogP contribution < -0.4 is 10.2 Å². The fourth-order valence-electron chi connectivity index (χ4n) is 3.80. The zero-order valence-electron chi connectivity index (χ0n) is 17.2. The Bertz CT molecular complexity index is 583. The summed E-state index contributed by atoms with van der Waals surface area (Å²) in [5, 5.41) is 3.93. The quantitative estimate of drug-likeness (QED) is 0.726. The summed E-state index contributed by atoms with van der Waals surface area (Å²) in [6.45, 7) is 14.7. The molecular formula is C21H35ClN4O. The number of nitrogens with zero attached hydrogens (tertiary/aromatic N) is 3. The van der Waals surface area contributed by atoms with Crippen molar-refractivity contribution in [3.63, 3.8) is 0 Å². The van der Waals surface area contributed by atoms with Crippen molar-refractivity contribution in [2.24, 2.45) is 5.92 Å². The first-order valence-corrected chi connectivity index (χ1v) is 10.6. The van der Waals surface area contributed by atoms with Gasteiger partial charge in [-0.05, 0) is 43.6 Å². The highest BCUT2D eigenvalue weighted by Crippen LogP contribution is 2.20. The molecule has 1 atom stereocenters. The van der Waals surface area contributed by atoms with Gasteiger partial charge in [0.1, 0.15) is 0 Å². The number of nitrogens with one attached hydrogen (secondary N) is 1. The van der Waals surface area contributed by atoms with Gasteiger partial charge in [0.25, 0.3) is 0 Å². The van der Waals surface area contributed by atoms with E-state index in [1.54, 1.807) is 0 Å². The molecule has 0 aromatic heterocycles. The molecule has 1 aliphatic rings. The van der Waals surface area contributed by atoms with E-state index < -0.39 is 0 Å². The number of carbonyl (C=O) groups excluding carboxylic acids is 1. The third kappa shape index (κ3) is 6.58. The van der Waals surface area contributed by atoms with Gasteiger partial charge in [-0.2, -0.15) is 0 Å². The molecule has 1 aromatic carbocycles. The lowest BCUT2D eigenvalue weighted by Gasteiger charge is -2.37. The molecule has 152 valence electrons. The van der Waals surface area contributed by atoms with Crippen molar-refractivity contribution in [2.45, 2.75) is 40.2 Å². The smallest absolute Gasteiger partial charge is 0.317 e. The van der Waals surface area contributed by atoms with Crippen molar-refractivity contribution < 1.29 is 4.79 Å². The van der Waals surface area contributed by atoms with Gasteiger partial charge in [-0.25, -0.2) is 4.79 Å². The van der Waals surface area contributed by atoms with Crippen molar-refractivity contribution in [3.05, 3.63) is 29.3 Å². The standard InChI is InChI=1S/C21H35ClN4O/c1-5-24(6-2)20(14-17(3)4)16-23-21(27)26-12-10-25(11-13-26)19-9-7-8-18(22)15-19/h7-9,15,17,20H,5-6,10-14,16H2,1-4H3,(H,23,27). The molecule has 0 radical (unpaired) electrons. The number of hydrogen-bond donors (Lipinski definition) is 1. The summed E-state index contributed by atoms with van der Waals surface area (Å²) in [7, 11) is 0. The highest BCUT2D eigenvalue weighted by atomic mass is 35.5. The molecule has 1 aromatic rings. The first kappa shape index (κ1) is 21.8. The van der Waals surface area contributed by atoms with Crippen molar-refractivity contribution in [3.8, 4) is 0 Å². The molecule has 1 unspecified atom stereocenters. The summed E-state index contributed by atoms with van der Waals surface area (Å²) in [6.07, 6.45) is 1.10. The molecule has 5 nitrogen and oxygen atoms in total. The molecule has 0 saturated carbocycles. The average Bonchev–Trinajstić information content (AvgIpc) is 2.66. The van der Waals surface area contributed by atoms with Gasteiger partial charge < -0.3 is 15.1 Å². The van der Waals surface area contributed by atoms with Crippen LogP contribution in [-0.2, 0) is 0 Å². The Kier molecular flexibility index (Phi) is 8.71. The number of benzene rings is 1. The Morgan fingerprint density at radius 1 is 1.19 bits per heavy atom. The van der Waals surface area contributed by atoms with Crippen LogP contribution in [0.5, 0.6) is 0 Å². The Morgan fingerprint density at radius 3 is 2.41 bits per heavy atom. The first-order chi connectivity index (χ1) is 12.9. The molecule has 27 heavy (non-hydrogen) atoms. The van der Waals surface area contributed by atoms with Crippen LogP contribution >= 0.6 is 11.6 Å². The van der Waals surface area contributed by atoms with Crippen LogP contribution in [-0.4, -0.2) is 67.7 Å². The molecular weight excluding hydrogens is 360 g/mol. The normalized spacial score (nSPS) is 16.1. The van der Waals surface area contributed by atoms with E-state index in [2.05, 4.69) is 48.9 Å². The summed E-state index contributed by atoms with van der Waals surface area (Å²) >= 11 is 6.09. The van der Waals surface area contributed by atoms with Crippen LogP contribution in [0.2, 0.25) is 5.02 Å². The number of likely N-dealkylation sites (N-methyl/N-ethyl adjacent to an activating group) is 1. The molecule has 1 N–H and O–H groups in total. The summed E-state index contributed by atoms with van der Waals surface area (Å²) in [4.78, 5) is 19.3. The fourth-order valence-corrected chi connectivity index (χ4v) is 3.99. The molecule has 2 rings (SSSR count). The Hall–Kier alpha value is -1.46. The van der Waals surface area contributed by atoms with Crippen molar-refractivity contribution in [2.75, 3.05) is 50.7 Å². The third-order valence-corrected chi connectivity index (χ3v) is 5.54. The van der Waals surface area contributed by atoms with Crippen LogP contribution in [0, 0.1) is 5.92 Å². The summed E-state index contributed by atoms with van der Waals surface area (Å²) < 4.78 is 0. The fraction of sp³-hybridized carbons (Fsp3) is 0.667. The number of carbonyl (C=O) groups is 1. The number of anilines is 1. The molecule has 1 aliphatic heterocycles.